The van der Waals surface area contributed by atoms with Crippen LogP contribution in [0.2, 0.25) is 0 Å². The van der Waals surface area contributed by atoms with E-state index < -0.39 is 11.4 Å². The predicted molar refractivity (Wildman–Crippen MR) is 71.7 cm³/mol. The van der Waals surface area contributed by atoms with E-state index in [2.05, 4.69) is 21.2 Å². The van der Waals surface area contributed by atoms with E-state index in [0.717, 1.165) is 4.90 Å². The van der Waals surface area contributed by atoms with Crippen molar-refractivity contribution in [2.45, 2.75) is 25.9 Å². The summed E-state index contributed by atoms with van der Waals surface area (Å²) in [5.74, 6) is -1.12. The Kier molecular flexibility index (Phi) is 3.73. The number of amides is 2. The summed E-state index contributed by atoms with van der Waals surface area (Å²) in [6, 6.07) is 4.56. The van der Waals surface area contributed by atoms with Crippen LogP contribution in [0, 0.1) is 5.82 Å². The minimum Gasteiger partial charge on any atom is -0.295 e. The van der Waals surface area contributed by atoms with Crippen LogP contribution in [-0.4, -0.2) is 28.8 Å². The fourth-order valence-corrected chi connectivity index (χ4v) is 2.23. The highest BCUT2D eigenvalue weighted by molar-refractivity contribution is 9.10. The van der Waals surface area contributed by atoms with Crippen molar-refractivity contribution in [1.82, 2.24) is 10.2 Å². The molecule has 2 amide bonds. The van der Waals surface area contributed by atoms with Crippen LogP contribution in [0.4, 0.5) is 4.39 Å². The van der Waals surface area contributed by atoms with Crippen molar-refractivity contribution in [1.29, 1.82) is 0 Å². The molecule has 1 N–H and O–H groups in total. The van der Waals surface area contributed by atoms with E-state index in [1.54, 1.807) is 26.0 Å². The summed E-state index contributed by atoms with van der Waals surface area (Å²) in [6.45, 7) is 3.44. The van der Waals surface area contributed by atoms with Crippen LogP contribution in [0.25, 0.3) is 0 Å². The van der Waals surface area contributed by atoms with Gasteiger partial charge in [0.2, 0.25) is 11.8 Å². The molecule has 0 spiro atoms. The number of rotatable bonds is 2. The minimum atomic E-state index is -0.806. The number of hydrogen-bond donors (Lipinski definition) is 1. The van der Waals surface area contributed by atoms with Gasteiger partial charge in [-0.1, -0.05) is 22.0 Å². The van der Waals surface area contributed by atoms with Crippen LogP contribution in [0.15, 0.2) is 22.7 Å². The van der Waals surface area contributed by atoms with E-state index in [-0.39, 0.29) is 24.9 Å². The smallest absolute Gasteiger partial charge is 0.249 e. The standard InChI is InChI=1S/C13H14BrFN2O2/c1-13(2)12(19)17(11(18)6-16-13)7-8-3-4-9(14)5-10(8)15/h3-5,16H,6-7H2,1-2H3. The molecular formula is C13H14BrFN2O2. The molecule has 2 rings (SSSR count). The molecule has 19 heavy (non-hydrogen) atoms. The third-order valence-corrected chi connectivity index (χ3v) is 3.60. The second-order valence-electron chi connectivity index (χ2n) is 5.00. The van der Waals surface area contributed by atoms with Gasteiger partial charge in [0.25, 0.3) is 0 Å². The van der Waals surface area contributed by atoms with Gasteiger partial charge in [-0.25, -0.2) is 4.39 Å². The monoisotopic (exact) mass is 328 g/mol. The van der Waals surface area contributed by atoms with Crippen LogP contribution in [-0.2, 0) is 16.1 Å². The SMILES string of the molecule is CC1(C)NCC(=O)N(Cc2ccc(Br)cc2F)C1=O. The van der Waals surface area contributed by atoms with Gasteiger partial charge in [-0.3, -0.25) is 19.8 Å². The summed E-state index contributed by atoms with van der Waals surface area (Å²) >= 11 is 3.17. The molecule has 0 aromatic heterocycles. The van der Waals surface area contributed by atoms with Gasteiger partial charge in [0.1, 0.15) is 5.82 Å². The van der Waals surface area contributed by atoms with E-state index in [4.69, 9.17) is 0 Å². The Labute approximate surface area is 119 Å². The molecule has 0 radical (unpaired) electrons. The Bertz CT molecular complexity index is 545. The number of piperazine rings is 1. The molecular weight excluding hydrogens is 315 g/mol. The van der Waals surface area contributed by atoms with E-state index in [0.29, 0.717) is 10.0 Å². The number of carbonyl (C=O) groups is 2. The minimum absolute atomic E-state index is 0.0398. The van der Waals surface area contributed by atoms with Gasteiger partial charge in [-0.05, 0) is 26.0 Å². The largest absolute Gasteiger partial charge is 0.295 e. The van der Waals surface area contributed by atoms with Crippen molar-refractivity contribution in [3.63, 3.8) is 0 Å². The number of nitrogens with zero attached hydrogens (tertiary/aromatic N) is 1. The molecule has 102 valence electrons. The topological polar surface area (TPSA) is 49.4 Å². The van der Waals surface area contributed by atoms with Gasteiger partial charge >= 0.3 is 0 Å². The molecule has 1 aromatic carbocycles. The van der Waals surface area contributed by atoms with Gasteiger partial charge in [-0.15, -0.1) is 0 Å². The first-order chi connectivity index (χ1) is 8.81. The summed E-state index contributed by atoms with van der Waals surface area (Å²) in [5, 5.41) is 2.86. The second-order valence-corrected chi connectivity index (χ2v) is 5.91. The highest BCUT2D eigenvalue weighted by atomic mass is 79.9. The third kappa shape index (κ3) is 2.84. The van der Waals surface area contributed by atoms with Crippen LogP contribution in [0.3, 0.4) is 0 Å². The fraction of sp³-hybridized carbons (Fsp3) is 0.385. The fourth-order valence-electron chi connectivity index (χ4n) is 1.90. The lowest BCUT2D eigenvalue weighted by Crippen LogP contribution is -2.63. The molecule has 1 aliphatic rings. The molecule has 4 nitrogen and oxygen atoms in total. The third-order valence-electron chi connectivity index (χ3n) is 3.11. The van der Waals surface area contributed by atoms with Crippen molar-refractivity contribution in [2.24, 2.45) is 0 Å². The molecule has 0 bridgehead atoms. The molecule has 0 saturated carbocycles. The number of nitrogens with one attached hydrogen (secondary N) is 1. The molecule has 1 aliphatic heterocycles. The van der Waals surface area contributed by atoms with Crippen LogP contribution in [0.5, 0.6) is 0 Å². The van der Waals surface area contributed by atoms with Crippen molar-refractivity contribution in [2.75, 3.05) is 6.54 Å². The first-order valence-corrected chi connectivity index (χ1v) is 6.64. The molecule has 6 heteroatoms. The highest BCUT2D eigenvalue weighted by Crippen LogP contribution is 2.20. The molecule has 0 aliphatic carbocycles. The number of hydrogen-bond acceptors (Lipinski definition) is 3. The molecule has 1 heterocycles. The molecule has 1 saturated heterocycles. The Balaban J connectivity index is 2.25. The van der Waals surface area contributed by atoms with Crippen LogP contribution in [0.1, 0.15) is 19.4 Å². The maximum absolute atomic E-state index is 13.8. The van der Waals surface area contributed by atoms with Gasteiger partial charge in [0.05, 0.1) is 18.6 Å². The van der Waals surface area contributed by atoms with Gasteiger partial charge in [-0.2, -0.15) is 0 Å². The highest BCUT2D eigenvalue weighted by Gasteiger charge is 2.39. The van der Waals surface area contributed by atoms with Gasteiger partial charge in [0, 0.05) is 10.0 Å². The average Bonchev–Trinajstić information content (AvgIpc) is 2.33. The first kappa shape index (κ1) is 14.1. The van der Waals surface area contributed by atoms with Crippen molar-refractivity contribution >= 4 is 27.7 Å². The zero-order valence-electron chi connectivity index (χ0n) is 10.7. The van der Waals surface area contributed by atoms with E-state index in [9.17, 15) is 14.0 Å². The summed E-state index contributed by atoms with van der Waals surface area (Å²) in [5.41, 5.74) is -0.484. The van der Waals surface area contributed by atoms with Crippen molar-refractivity contribution in [3.05, 3.63) is 34.1 Å². The number of carbonyl (C=O) groups excluding carboxylic acids is 2. The second kappa shape index (κ2) is 5.02. The first-order valence-electron chi connectivity index (χ1n) is 5.85. The molecule has 1 aromatic rings. The zero-order chi connectivity index (χ0) is 14.2. The van der Waals surface area contributed by atoms with Crippen molar-refractivity contribution in [3.8, 4) is 0 Å². The maximum Gasteiger partial charge on any atom is 0.249 e. The number of imide groups is 1. The summed E-state index contributed by atoms with van der Waals surface area (Å²) < 4.78 is 14.4. The normalized spacial score (nSPS) is 18.8. The molecule has 0 unspecified atom stereocenters. The van der Waals surface area contributed by atoms with Gasteiger partial charge < -0.3 is 0 Å². The van der Waals surface area contributed by atoms with E-state index in [1.165, 1.54) is 6.07 Å². The summed E-state index contributed by atoms with van der Waals surface area (Å²) in [4.78, 5) is 25.0. The zero-order valence-corrected chi connectivity index (χ0v) is 12.3. The predicted octanol–water partition coefficient (Wildman–Crippen LogP) is 1.83. The quantitative estimate of drug-likeness (QED) is 0.842. The Morgan fingerprint density at radius 1 is 1.42 bits per heavy atom. The lowest BCUT2D eigenvalue weighted by molar-refractivity contribution is -0.153. The molecule has 0 atom stereocenters. The van der Waals surface area contributed by atoms with Crippen LogP contribution < -0.4 is 5.32 Å². The van der Waals surface area contributed by atoms with Crippen LogP contribution >= 0.6 is 15.9 Å². The average molecular weight is 329 g/mol. The lowest BCUT2D eigenvalue weighted by Gasteiger charge is -2.36. The summed E-state index contributed by atoms with van der Waals surface area (Å²) in [7, 11) is 0. The summed E-state index contributed by atoms with van der Waals surface area (Å²) in [6.07, 6.45) is 0. The lowest BCUT2D eigenvalue weighted by atomic mass is 10.00. The number of halogens is 2. The number of benzene rings is 1. The Hall–Kier alpha value is -1.27. The van der Waals surface area contributed by atoms with Crippen molar-refractivity contribution < 1.29 is 14.0 Å². The maximum atomic E-state index is 13.8. The Morgan fingerprint density at radius 3 is 2.74 bits per heavy atom. The van der Waals surface area contributed by atoms with E-state index >= 15 is 0 Å². The van der Waals surface area contributed by atoms with Gasteiger partial charge in [0.15, 0.2) is 0 Å². The van der Waals surface area contributed by atoms with E-state index in [1.807, 2.05) is 0 Å². The molecule has 1 fully saturated rings. The Morgan fingerprint density at radius 2 is 2.11 bits per heavy atom.